The van der Waals surface area contributed by atoms with Gasteiger partial charge in [0, 0.05) is 12.0 Å². The van der Waals surface area contributed by atoms with Crippen LogP contribution >= 0.6 is 7.15 Å². The summed E-state index contributed by atoms with van der Waals surface area (Å²) in [5, 5.41) is 15.5. The van der Waals surface area contributed by atoms with Crippen molar-refractivity contribution in [1.29, 1.82) is 0 Å². The third-order valence-corrected chi connectivity index (χ3v) is 8.37. The molecule has 3 aromatic carbocycles. The van der Waals surface area contributed by atoms with Crippen molar-refractivity contribution in [2.45, 2.75) is 31.5 Å². The predicted molar refractivity (Wildman–Crippen MR) is 155 cm³/mol. The Morgan fingerprint density at radius 2 is 1.83 bits per heavy atom. The van der Waals surface area contributed by atoms with Crippen LogP contribution in [0.1, 0.15) is 28.6 Å². The fraction of sp³-hybridized carbons (Fsp3) is 0.214. The van der Waals surface area contributed by atoms with Gasteiger partial charge in [0.25, 0.3) is 13.1 Å². The van der Waals surface area contributed by atoms with Gasteiger partial charge in [-0.05, 0) is 28.5 Å². The second kappa shape index (κ2) is 11.8. The van der Waals surface area contributed by atoms with Crippen molar-refractivity contribution in [1.82, 2.24) is 19.5 Å². The van der Waals surface area contributed by atoms with Gasteiger partial charge in [-0.25, -0.2) is 19.8 Å². The van der Waals surface area contributed by atoms with Crippen LogP contribution in [-0.2, 0) is 32.6 Å². The third-order valence-electron chi connectivity index (χ3n) is 6.81. The molecule has 6 rings (SSSR count). The van der Waals surface area contributed by atoms with E-state index in [4.69, 9.17) is 26.0 Å². The van der Waals surface area contributed by atoms with E-state index < -0.39 is 25.6 Å². The minimum Gasteiger partial charge on any atom is -0.459 e. The molecule has 2 aromatic heterocycles. The molecule has 1 aliphatic rings. The highest BCUT2D eigenvalue weighted by molar-refractivity contribution is 8.35. The number of hydrogen-bond acceptors (Lipinski definition) is 10. The van der Waals surface area contributed by atoms with Gasteiger partial charge in [0.2, 0.25) is 0 Å². The van der Waals surface area contributed by atoms with Gasteiger partial charge in [-0.3, -0.25) is 9.36 Å². The molecule has 0 radical (unpaired) electrons. The lowest BCUT2D eigenvalue weighted by Crippen LogP contribution is -2.26. The first-order valence-corrected chi connectivity index (χ1v) is 15.4. The van der Waals surface area contributed by atoms with Crippen LogP contribution in [0.15, 0.2) is 85.5 Å². The van der Waals surface area contributed by atoms with Gasteiger partial charge in [0.15, 0.2) is 17.0 Å². The normalized spacial score (nSPS) is 20.3. The number of fused-ring (bicyclic) bond motifs is 2. The van der Waals surface area contributed by atoms with Crippen molar-refractivity contribution in [2.75, 3.05) is 11.9 Å². The fourth-order valence-electron chi connectivity index (χ4n) is 4.73. The molecule has 210 valence electrons. The number of aliphatic hydroxyl groups excluding tert-OH is 1. The number of imidazole rings is 1. The molecular formula is C28H26N5O6PS. The van der Waals surface area contributed by atoms with Crippen molar-refractivity contribution in [3.05, 3.63) is 96.6 Å². The summed E-state index contributed by atoms with van der Waals surface area (Å²) in [6.07, 6.45) is 0.769. The van der Waals surface area contributed by atoms with Crippen LogP contribution in [0.5, 0.6) is 0 Å². The van der Waals surface area contributed by atoms with E-state index in [-0.39, 0.29) is 31.4 Å². The average molecular weight is 592 g/mol. The van der Waals surface area contributed by atoms with E-state index in [2.05, 4.69) is 20.3 Å². The van der Waals surface area contributed by atoms with Crippen LogP contribution in [0, 0.1) is 0 Å². The number of benzene rings is 3. The lowest BCUT2D eigenvalue weighted by Gasteiger charge is -2.24. The van der Waals surface area contributed by atoms with Gasteiger partial charge in [0.05, 0.1) is 12.4 Å². The Hall–Kier alpha value is -3.48. The number of hydrogen-bond donors (Lipinski definition) is 3. The van der Waals surface area contributed by atoms with Gasteiger partial charge < -0.3 is 27.4 Å². The third kappa shape index (κ3) is 6.09. The Morgan fingerprint density at radius 1 is 1.05 bits per heavy atom. The summed E-state index contributed by atoms with van der Waals surface area (Å²) in [5.41, 5.74) is 2.16. The van der Waals surface area contributed by atoms with Gasteiger partial charge in [-0.1, -0.05) is 60.7 Å². The highest BCUT2D eigenvalue weighted by atomic mass is 32.7. The summed E-state index contributed by atoms with van der Waals surface area (Å²) in [5.74, 6) is -0.0716. The first-order valence-electron chi connectivity index (χ1n) is 12.8. The monoisotopic (exact) mass is 591 g/mol. The zero-order valence-electron chi connectivity index (χ0n) is 21.6. The van der Waals surface area contributed by atoms with E-state index in [1.54, 1.807) is 28.8 Å². The predicted octanol–water partition coefficient (Wildman–Crippen LogP) is 4.33. The molecule has 1 amide bonds. The summed E-state index contributed by atoms with van der Waals surface area (Å²) in [4.78, 5) is 36.1. The number of nitrogens with one attached hydrogen (secondary N) is 1. The lowest BCUT2D eigenvalue weighted by molar-refractivity contribution is -0.0414. The highest BCUT2D eigenvalue weighted by Gasteiger charge is 2.39. The maximum atomic E-state index is 12.6. The van der Waals surface area contributed by atoms with E-state index in [1.807, 2.05) is 48.5 Å². The molecule has 0 spiro atoms. The van der Waals surface area contributed by atoms with E-state index in [0.29, 0.717) is 16.7 Å². The van der Waals surface area contributed by atoms with Crippen LogP contribution in [0.3, 0.4) is 0 Å². The number of carbonyl (C=O) groups is 1. The molecule has 1 fully saturated rings. The van der Waals surface area contributed by atoms with Gasteiger partial charge in [0.1, 0.15) is 31.9 Å². The molecule has 4 atom stereocenters. The Kier molecular flexibility index (Phi) is 7.96. The van der Waals surface area contributed by atoms with Crippen LogP contribution in [-0.4, -0.2) is 54.2 Å². The Bertz CT molecular complexity index is 1680. The largest absolute Gasteiger partial charge is 0.459 e. The number of amides is 1. The summed E-state index contributed by atoms with van der Waals surface area (Å²) in [7, 11) is -3.62. The quantitative estimate of drug-likeness (QED) is 0.168. The number of nitrogens with zero attached hydrogens (tertiary/aromatic N) is 4. The molecule has 1 aliphatic heterocycles. The van der Waals surface area contributed by atoms with Crippen molar-refractivity contribution >= 4 is 53.1 Å². The number of anilines is 1. The van der Waals surface area contributed by atoms with Crippen molar-refractivity contribution in [3.63, 3.8) is 0 Å². The molecule has 41 heavy (non-hydrogen) atoms. The maximum absolute atomic E-state index is 12.6. The SMILES string of the molecule is O=C(Nc1ncnc2c1ncn2[C@H]1C[C@H](O)[C@@H](CO[P+](O)([S-])OCc2cccc3ccccc23)O1)c1ccccc1. The fourth-order valence-corrected chi connectivity index (χ4v) is 5.79. The zero-order chi connectivity index (χ0) is 28.4. The first kappa shape index (κ1) is 27.7. The molecule has 13 heteroatoms. The molecule has 11 nitrogen and oxygen atoms in total. The molecule has 5 aromatic rings. The van der Waals surface area contributed by atoms with Crippen LogP contribution in [0.4, 0.5) is 5.82 Å². The molecule has 1 saturated heterocycles. The van der Waals surface area contributed by atoms with Gasteiger partial charge in [-0.2, -0.15) is 9.05 Å². The number of aromatic nitrogens is 4. The van der Waals surface area contributed by atoms with E-state index in [9.17, 15) is 14.8 Å². The molecule has 3 heterocycles. The maximum Gasteiger partial charge on any atom is 0.286 e. The minimum absolute atomic E-state index is 0.0791. The van der Waals surface area contributed by atoms with Gasteiger partial charge >= 0.3 is 0 Å². The molecular weight excluding hydrogens is 565 g/mol. The zero-order valence-corrected chi connectivity index (χ0v) is 23.3. The standard InChI is InChI=1S/C28H26N5O6PS/c34-22-13-24(33-17-31-25-26(29-16-30-27(25)33)32-28(35)19-8-2-1-3-9-19)39-23(22)15-38-40(36,41)37-14-20-11-6-10-18-7-4-5-12-21(18)20/h1-12,16-17,22-24,34H,13-15H2,(H,36,41)(H,29,30,32,35)/t22-,23+,24+,40?/m0/s1. The molecule has 0 aliphatic carbocycles. The molecule has 3 N–H and O–H groups in total. The van der Waals surface area contributed by atoms with Crippen molar-refractivity contribution < 1.29 is 28.6 Å². The van der Waals surface area contributed by atoms with Gasteiger partial charge in [-0.15, -0.1) is 0 Å². The summed E-state index contributed by atoms with van der Waals surface area (Å²) in [6, 6.07) is 22.4. The van der Waals surface area contributed by atoms with Crippen molar-refractivity contribution in [2.24, 2.45) is 0 Å². The number of carbonyl (C=O) groups excluding carboxylic acids is 1. The number of rotatable bonds is 9. The Balaban J connectivity index is 1.09. The van der Waals surface area contributed by atoms with E-state index in [0.717, 1.165) is 16.3 Å². The Labute approximate surface area is 240 Å². The number of ether oxygens (including phenoxy) is 1. The minimum atomic E-state index is -3.62. The topological polar surface area (TPSA) is 141 Å². The van der Waals surface area contributed by atoms with Crippen LogP contribution < -0.4 is 5.32 Å². The molecule has 1 unspecified atom stereocenters. The number of aliphatic hydroxyl groups is 1. The van der Waals surface area contributed by atoms with E-state index >= 15 is 0 Å². The van der Waals surface area contributed by atoms with E-state index in [1.165, 1.54) is 12.7 Å². The summed E-state index contributed by atoms with van der Waals surface area (Å²) in [6.45, 7) is -0.0866. The Morgan fingerprint density at radius 3 is 2.68 bits per heavy atom. The smallest absolute Gasteiger partial charge is 0.286 e. The van der Waals surface area contributed by atoms with Crippen LogP contribution in [0.25, 0.3) is 21.9 Å². The molecule has 0 saturated carbocycles. The second-order valence-electron chi connectivity index (χ2n) is 9.47. The summed E-state index contributed by atoms with van der Waals surface area (Å²) >= 11 is 5.21. The summed E-state index contributed by atoms with van der Waals surface area (Å²) < 4.78 is 18.9. The van der Waals surface area contributed by atoms with Crippen molar-refractivity contribution in [3.8, 4) is 0 Å². The first-order chi connectivity index (χ1) is 19.9. The highest BCUT2D eigenvalue weighted by Crippen LogP contribution is 2.55. The lowest BCUT2D eigenvalue weighted by atomic mass is 10.1. The second-order valence-corrected chi connectivity index (χ2v) is 12.3. The van der Waals surface area contributed by atoms with Crippen LogP contribution in [0.2, 0.25) is 0 Å². The average Bonchev–Trinajstić information content (AvgIpc) is 3.59. The molecule has 0 bridgehead atoms.